The van der Waals surface area contributed by atoms with Crippen molar-refractivity contribution in [1.29, 1.82) is 0 Å². The van der Waals surface area contributed by atoms with Crippen molar-refractivity contribution in [2.45, 2.75) is 19.4 Å². The highest BCUT2D eigenvalue weighted by atomic mass is 35.5. The normalized spacial score (nSPS) is 12.5. The number of halogens is 4. The van der Waals surface area contributed by atoms with Crippen molar-refractivity contribution in [3.05, 3.63) is 69.5 Å². The molecule has 0 saturated heterocycles. The van der Waals surface area contributed by atoms with Gasteiger partial charge < -0.3 is 0 Å². The van der Waals surface area contributed by atoms with Crippen LogP contribution in [-0.4, -0.2) is 0 Å². The Morgan fingerprint density at radius 2 is 1.81 bits per heavy atom. The molecular weight excluding hydrogens is 301 g/mol. The van der Waals surface area contributed by atoms with Crippen LogP contribution in [0, 0.1) is 24.4 Å². The first-order valence-corrected chi connectivity index (χ1v) is 6.65. The average molecular weight is 315 g/mol. The molecule has 0 aliphatic carbocycles. The Morgan fingerprint density at radius 1 is 1.10 bits per heavy atom. The maximum absolute atomic E-state index is 13.9. The molecule has 0 aromatic heterocycles. The van der Waals surface area contributed by atoms with Crippen LogP contribution in [0.4, 0.5) is 13.2 Å². The highest BCUT2D eigenvalue weighted by Gasteiger charge is 2.17. The molecule has 1 atom stereocenters. The minimum atomic E-state index is -0.699. The lowest BCUT2D eigenvalue weighted by Gasteiger charge is -2.18. The van der Waals surface area contributed by atoms with Crippen LogP contribution in [0.1, 0.15) is 22.7 Å². The fourth-order valence-electron chi connectivity index (χ4n) is 2.11. The van der Waals surface area contributed by atoms with Gasteiger partial charge in [-0.2, -0.15) is 0 Å². The maximum atomic E-state index is 13.9. The third-order valence-electron chi connectivity index (χ3n) is 3.28. The van der Waals surface area contributed by atoms with Crippen molar-refractivity contribution >= 4 is 11.6 Å². The van der Waals surface area contributed by atoms with Gasteiger partial charge >= 0.3 is 0 Å². The van der Waals surface area contributed by atoms with Gasteiger partial charge in [-0.15, -0.1) is 0 Å². The van der Waals surface area contributed by atoms with E-state index in [-0.39, 0.29) is 17.0 Å². The van der Waals surface area contributed by atoms with E-state index in [0.29, 0.717) is 11.1 Å². The zero-order valence-electron chi connectivity index (χ0n) is 11.3. The summed E-state index contributed by atoms with van der Waals surface area (Å²) in [7, 11) is 0. The van der Waals surface area contributed by atoms with E-state index in [1.807, 2.05) is 0 Å². The molecule has 1 unspecified atom stereocenters. The molecule has 2 aromatic rings. The fraction of sp³-hybridized carbons (Fsp3) is 0.200. The SMILES string of the molecule is Cc1cc(C(Cc2ccc(Cl)c(F)c2)NN)c(F)cc1F. The number of nitrogens with two attached hydrogens (primary N) is 1. The Balaban J connectivity index is 2.31. The van der Waals surface area contributed by atoms with Gasteiger partial charge in [0.05, 0.1) is 11.1 Å². The molecule has 0 saturated carbocycles. The highest BCUT2D eigenvalue weighted by molar-refractivity contribution is 6.30. The summed E-state index contributed by atoms with van der Waals surface area (Å²) in [4.78, 5) is 0. The fourth-order valence-corrected chi connectivity index (χ4v) is 2.23. The van der Waals surface area contributed by atoms with Crippen molar-refractivity contribution in [3.63, 3.8) is 0 Å². The predicted molar refractivity (Wildman–Crippen MR) is 76.3 cm³/mol. The summed E-state index contributed by atoms with van der Waals surface area (Å²) >= 11 is 5.61. The summed E-state index contributed by atoms with van der Waals surface area (Å²) < 4.78 is 40.6. The van der Waals surface area contributed by atoms with E-state index in [4.69, 9.17) is 17.4 Å². The Morgan fingerprint density at radius 3 is 2.43 bits per heavy atom. The molecule has 21 heavy (non-hydrogen) atoms. The first-order chi connectivity index (χ1) is 9.92. The summed E-state index contributed by atoms with van der Waals surface area (Å²) in [5.74, 6) is 3.57. The molecule has 2 aromatic carbocycles. The molecule has 3 N–H and O–H groups in total. The van der Waals surface area contributed by atoms with Gasteiger partial charge in [-0.25, -0.2) is 13.2 Å². The van der Waals surface area contributed by atoms with Crippen LogP contribution >= 0.6 is 11.6 Å². The van der Waals surface area contributed by atoms with Gasteiger partial charge in [0, 0.05) is 11.6 Å². The van der Waals surface area contributed by atoms with Crippen LogP contribution in [0.5, 0.6) is 0 Å². The topological polar surface area (TPSA) is 38.0 Å². The summed E-state index contributed by atoms with van der Waals surface area (Å²) in [6.45, 7) is 1.54. The lowest BCUT2D eigenvalue weighted by molar-refractivity contribution is 0.499. The molecule has 0 radical (unpaired) electrons. The maximum Gasteiger partial charge on any atom is 0.142 e. The van der Waals surface area contributed by atoms with Gasteiger partial charge in [-0.05, 0) is 42.7 Å². The van der Waals surface area contributed by atoms with Crippen molar-refractivity contribution in [1.82, 2.24) is 5.43 Å². The largest absolute Gasteiger partial charge is 0.271 e. The molecule has 0 aliphatic heterocycles. The van der Waals surface area contributed by atoms with Gasteiger partial charge in [0.15, 0.2) is 0 Å². The van der Waals surface area contributed by atoms with Crippen molar-refractivity contribution < 1.29 is 13.2 Å². The van der Waals surface area contributed by atoms with Gasteiger partial charge in [0.2, 0.25) is 0 Å². The molecule has 0 amide bonds. The molecule has 0 bridgehead atoms. The molecule has 112 valence electrons. The zero-order chi connectivity index (χ0) is 15.6. The lowest BCUT2D eigenvalue weighted by Crippen LogP contribution is -2.30. The van der Waals surface area contributed by atoms with E-state index in [2.05, 4.69) is 5.43 Å². The second-order valence-corrected chi connectivity index (χ2v) is 5.20. The first kappa shape index (κ1) is 15.8. The Labute approximate surface area is 125 Å². The number of benzene rings is 2. The van der Waals surface area contributed by atoms with E-state index < -0.39 is 23.5 Å². The first-order valence-electron chi connectivity index (χ1n) is 6.28. The number of hydrogen-bond donors (Lipinski definition) is 2. The standard InChI is InChI=1S/C15H14ClF3N2/c1-8-4-10(13(18)7-12(8)17)15(21-20)6-9-2-3-11(16)14(19)5-9/h2-5,7,15,21H,6,20H2,1H3. The molecule has 0 aliphatic rings. The van der Waals surface area contributed by atoms with E-state index in [0.717, 1.165) is 6.07 Å². The number of hydrazine groups is 1. The summed E-state index contributed by atoms with van der Waals surface area (Å²) in [5, 5.41) is 0.0137. The van der Waals surface area contributed by atoms with Gasteiger partial charge in [0.25, 0.3) is 0 Å². The Bertz CT molecular complexity index is 662. The summed E-state index contributed by atoms with van der Waals surface area (Å²) in [5.41, 5.74) is 3.61. The second-order valence-electron chi connectivity index (χ2n) is 4.79. The second kappa shape index (κ2) is 6.47. The van der Waals surface area contributed by atoms with Gasteiger partial charge in [0.1, 0.15) is 17.5 Å². The van der Waals surface area contributed by atoms with Crippen LogP contribution in [0.25, 0.3) is 0 Å². The highest BCUT2D eigenvalue weighted by Crippen LogP contribution is 2.25. The Hall–Kier alpha value is -1.56. The number of nitrogens with one attached hydrogen (secondary N) is 1. The van der Waals surface area contributed by atoms with Gasteiger partial charge in [-0.1, -0.05) is 17.7 Å². The van der Waals surface area contributed by atoms with Crippen LogP contribution in [-0.2, 0) is 6.42 Å². The number of aryl methyl sites for hydroxylation is 1. The van der Waals surface area contributed by atoms with Crippen molar-refractivity contribution in [2.24, 2.45) is 5.84 Å². The molecule has 0 heterocycles. The number of hydrogen-bond acceptors (Lipinski definition) is 2. The predicted octanol–water partition coefficient (Wildman–Crippen LogP) is 3.81. The molecule has 0 fully saturated rings. The third-order valence-corrected chi connectivity index (χ3v) is 3.58. The summed E-state index contributed by atoms with van der Waals surface area (Å²) in [6.07, 6.45) is 0.243. The van der Waals surface area contributed by atoms with Crippen molar-refractivity contribution in [3.8, 4) is 0 Å². The molecule has 2 nitrogen and oxygen atoms in total. The van der Waals surface area contributed by atoms with Crippen LogP contribution in [0.15, 0.2) is 30.3 Å². The van der Waals surface area contributed by atoms with Crippen LogP contribution < -0.4 is 11.3 Å². The van der Waals surface area contributed by atoms with Crippen LogP contribution in [0.3, 0.4) is 0 Å². The average Bonchev–Trinajstić information content (AvgIpc) is 2.44. The number of rotatable bonds is 4. The quantitative estimate of drug-likeness (QED) is 0.665. The summed E-state index contributed by atoms with van der Waals surface area (Å²) in [6, 6.07) is 5.92. The smallest absolute Gasteiger partial charge is 0.142 e. The minimum Gasteiger partial charge on any atom is -0.271 e. The third kappa shape index (κ3) is 3.56. The monoisotopic (exact) mass is 314 g/mol. The molecule has 2 rings (SSSR count). The van der Waals surface area contributed by atoms with E-state index in [9.17, 15) is 13.2 Å². The molecule has 0 spiro atoms. The molecule has 6 heteroatoms. The van der Waals surface area contributed by atoms with E-state index in [1.54, 1.807) is 6.07 Å². The minimum absolute atomic E-state index is 0.0137. The van der Waals surface area contributed by atoms with Crippen molar-refractivity contribution in [2.75, 3.05) is 0 Å². The van der Waals surface area contributed by atoms with E-state index >= 15 is 0 Å². The zero-order valence-corrected chi connectivity index (χ0v) is 12.0. The Kier molecular flexibility index (Phi) is 4.88. The van der Waals surface area contributed by atoms with Crippen LogP contribution in [0.2, 0.25) is 5.02 Å². The lowest BCUT2D eigenvalue weighted by atomic mass is 9.97. The molecular formula is C15H14ClF3N2. The van der Waals surface area contributed by atoms with E-state index in [1.165, 1.54) is 25.1 Å². The van der Waals surface area contributed by atoms with Gasteiger partial charge in [-0.3, -0.25) is 11.3 Å².